The largest absolute Gasteiger partial charge is 0.496 e. The minimum atomic E-state index is 0.381. The molecule has 1 fully saturated rings. The predicted octanol–water partition coefficient (Wildman–Crippen LogP) is 3.53. The maximum Gasteiger partial charge on any atom is 0.122 e. The molecule has 18 heavy (non-hydrogen) atoms. The molecule has 0 bridgehead atoms. The summed E-state index contributed by atoms with van der Waals surface area (Å²) in [4.78, 5) is 0. The highest BCUT2D eigenvalue weighted by Gasteiger charge is 2.37. The van der Waals surface area contributed by atoms with Crippen LogP contribution in [0, 0.1) is 11.3 Å². The number of benzene rings is 1. The van der Waals surface area contributed by atoms with E-state index >= 15 is 0 Å². The maximum absolute atomic E-state index is 6.10. The zero-order chi connectivity index (χ0) is 13.2. The lowest BCUT2D eigenvalue weighted by Gasteiger charge is -2.44. The lowest BCUT2D eigenvalue weighted by atomic mass is 9.71. The monoisotopic (exact) mass is 267 g/mol. The normalized spacial score (nSPS) is 17.6. The molecule has 2 rings (SSSR count). The average Bonchev–Trinajstić information content (AvgIpc) is 2.26. The Balaban J connectivity index is 2.19. The highest BCUT2D eigenvalue weighted by atomic mass is 35.5. The van der Waals surface area contributed by atoms with Crippen molar-refractivity contribution in [1.29, 1.82) is 0 Å². The van der Waals surface area contributed by atoms with Gasteiger partial charge in [-0.2, -0.15) is 0 Å². The Kier molecular flexibility index (Phi) is 4.18. The van der Waals surface area contributed by atoms with Gasteiger partial charge in [-0.25, -0.2) is 0 Å². The van der Waals surface area contributed by atoms with Gasteiger partial charge in [0, 0.05) is 18.1 Å². The molecule has 1 saturated heterocycles. The zero-order valence-corrected chi connectivity index (χ0v) is 12.2. The Labute approximate surface area is 115 Å². The number of methoxy groups -OCH3 is 1. The van der Waals surface area contributed by atoms with Crippen LogP contribution in [0.25, 0.3) is 0 Å². The van der Waals surface area contributed by atoms with Gasteiger partial charge in [0.15, 0.2) is 0 Å². The number of nitrogens with one attached hydrogen (secondary N) is 1. The molecule has 0 unspecified atom stereocenters. The molecule has 1 heterocycles. The van der Waals surface area contributed by atoms with Crippen LogP contribution in [-0.4, -0.2) is 20.2 Å². The van der Waals surface area contributed by atoms with Crippen LogP contribution in [-0.2, 0) is 6.42 Å². The van der Waals surface area contributed by atoms with Crippen molar-refractivity contribution < 1.29 is 4.74 Å². The second kappa shape index (κ2) is 5.50. The van der Waals surface area contributed by atoms with Crippen LogP contribution in [0.1, 0.15) is 25.8 Å². The fourth-order valence-electron chi connectivity index (χ4n) is 2.98. The van der Waals surface area contributed by atoms with Gasteiger partial charge in [-0.1, -0.05) is 25.4 Å². The van der Waals surface area contributed by atoms with Crippen molar-refractivity contribution in [1.82, 2.24) is 5.32 Å². The van der Waals surface area contributed by atoms with E-state index in [-0.39, 0.29) is 0 Å². The van der Waals surface area contributed by atoms with Crippen LogP contribution in [0.15, 0.2) is 18.2 Å². The molecular weight excluding hydrogens is 246 g/mol. The quantitative estimate of drug-likeness (QED) is 0.881. The van der Waals surface area contributed by atoms with Crippen molar-refractivity contribution in [3.63, 3.8) is 0 Å². The number of hydrogen-bond acceptors (Lipinski definition) is 2. The second-order valence-electron chi connectivity index (χ2n) is 5.83. The van der Waals surface area contributed by atoms with Crippen molar-refractivity contribution in [2.75, 3.05) is 20.2 Å². The Morgan fingerprint density at radius 3 is 2.61 bits per heavy atom. The number of hydrogen-bond donors (Lipinski definition) is 1. The van der Waals surface area contributed by atoms with E-state index in [4.69, 9.17) is 16.3 Å². The molecule has 0 spiro atoms. The van der Waals surface area contributed by atoms with Crippen molar-refractivity contribution in [2.45, 2.75) is 26.7 Å². The number of rotatable bonds is 5. The molecule has 1 aliphatic rings. The first-order chi connectivity index (χ1) is 8.54. The smallest absolute Gasteiger partial charge is 0.122 e. The summed E-state index contributed by atoms with van der Waals surface area (Å²) in [6.07, 6.45) is 2.29. The third kappa shape index (κ3) is 2.99. The number of halogens is 1. The first kappa shape index (κ1) is 13.7. The highest BCUT2D eigenvalue weighted by Crippen LogP contribution is 2.37. The molecule has 0 radical (unpaired) electrons. The average molecular weight is 268 g/mol. The van der Waals surface area contributed by atoms with Crippen molar-refractivity contribution in [2.24, 2.45) is 11.3 Å². The summed E-state index contributed by atoms with van der Waals surface area (Å²) in [5.74, 6) is 1.67. The minimum absolute atomic E-state index is 0.381. The van der Waals surface area contributed by atoms with Gasteiger partial charge in [0.05, 0.1) is 7.11 Å². The molecule has 1 aromatic rings. The van der Waals surface area contributed by atoms with Crippen molar-refractivity contribution in [3.05, 3.63) is 28.8 Å². The molecular formula is C15H22ClNO. The van der Waals surface area contributed by atoms with Crippen LogP contribution < -0.4 is 10.1 Å². The zero-order valence-electron chi connectivity index (χ0n) is 11.4. The standard InChI is InChI=1S/C15H22ClNO/c1-11(2)7-15(9-17-10-15)8-12-6-13(16)4-5-14(12)18-3/h4-6,11,17H,7-10H2,1-3H3. The Morgan fingerprint density at radius 1 is 1.39 bits per heavy atom. The fraction of sp³-hybridized carbons (Fsp3) is 0.600. The second-order valence-corrected chi connectivity index (χ2v) is 6.27. The van der Waals surface area contributed by atoms with E-state index in [2.05, 4.69) is 19.2 Å². The molecule has 3 heteroatoms. The highest BCUT2D eigenvalue weighted by molar-refractivity contribution is 6.30. The van der Waals surface area contributed by atoms with Gasteiger partial charge < -0.3 is 10.1 Å². The Bertz CT molecular complexity index is 413. The summed E-state index contributed by atoms with van der Waals surface area (Å²) in [6, 6.07) is 5.89. The van der Waals surface area contributed by atoms with E-state index in [1.165, 1.54) is 12.0 Å². The van der Waals surface area contributed by atoms with Crippen LogP contribution >= 0.6 is 11.6 Å². The summed E-state index contributed by atoms with van der Waals surface area (Å²) in [5, 5.41) is 4.20. The van der Waals surface area contributed by atoms with Gasteiger partial charge in [0.25, 0.3) is 0 Å². The van der Waals surface area contributed by atoms with Gasteiger partial charge >= 0.3 is 0 Å². The molecule has 0 atom stereocenters. The van der Waals surface area contributed by atoms with Crippen molar-refractivity contribution >= 4 is 11.6 Å². The third-order valence-corrected chi connectivity index (χ3v) is 3.88. The Hall–Kier alpha value is -0.730. The topological polar surface area (TPSA) is 21.3 Å². The SMILES string of the molecule is COc1ccc(Cl)cc1CC1(CC(C)C)CNC1. The molecule has 1 aromatic carbocycles. The van der Waals surface area contributed by atoms with Crippen LogP contribution in [0.5, 0.6) is 5.75 Å². The minimum Gasteiger partial charge on any atom is -0.496 e. The van der Waals surface area contributed by atoms with E-state index < -0.39 is 0 Å². The van der Waals surface area contributed by atoms with E-state index in [0.717, 1.165) is 36.2 Å². The molecule has 0 aliphatic carbocycles. The summed E-state index contributed by atoms with van der Waals surface area (Å²) in [7, 11) is 1.72. The third-order valence-electron chi connectivity index (χ3n) is 3.65. The molecule has 100 valence electrons. The Morgan fingerprint density at radius 2 is 2.11 bits per heavy atom. The van der Waals surface area contributed by atoms with Gasteiger partial charge in [-0.15, -0.1) is 0 Å². The van der Waals surface area contributed by atoms with Crippen LogP contribution in [0.3, 0.4) is 0 Å². The molecule has 2 nitrogen and oxygen atoms in total. The van der Waals surface area contributed by atoms with E-state index in [1.807, 2.05) is 18.2 Å². The van der Waals surface area contributed by atoms with E-state index in [1.54, 1.807) is 7.11 Å². The molecule has 1 N–H and O–H groups in total. The summed E-state index contributed by atoms with van der Waals surface area (Å²) in [6.45, 7) is 6.77. The number of ether oxygens (including phenoxy) is 1. The summed E-state index contributed by atoms with van der Waals surface area (Å²) >= 11 is 6.10. The van der Waals surface area contributed by atoms with Gasteiger partial charge in [-0.3, -0.25) is 0 Å². The fourth-order valence-corrected chi connectivity index (χ4v) is 3.17. The van der Waals surface area contributed by atoms with Gasteiger partial charge in [0.2, 0.25) is 0 Å². The summed E-state index contributed by atoms with van der Waals surface area (Å²) in [5.41, 5.74) is 1.61. The predicted molar refractivity (Wildman–Crippen MR) is 76.5 cm³/mol. The molecule has 1 aliphatic heterocycles. The lowest BCUT2D eigenvalue weighted by Crippen LogP contribution is -2.55. The van der Waals surface area contributed by atoms with E-state index in [9.17, 15) is 0 Å². The summed E-state index contributed by atoms with van der Waals surface area (Å²) < 4.78 is 5.44. The lowest BCUT2D eigenvalue weighted by molar-refractivity contribution is 0.130. The maximum atomic E-state index is 6.10. The van der Waals surface area contributed by atoms with Gasteiger partial charge in [0.1, 0.15) is 5.75 Å². The van der Waals surface area contributed by atoms with Crippen LogP contribution in [0.2, 0.25) is 5.02 Å². The first-order valence-electron chi connectivity index (χ1n) is 6.58. The first-order valence-corrected chi connectivity index (χ1v) is 6.96. The van der Waals surface area contributed by atoms with E-state index in [0.29, 0.717) is 5.41 Å². The molecule has 0 amide bonds. The van der Waals surface area contributed by atoms with Crippen molar-refractivity contribution in [3.8, 4) is 5.75 Å². The molecule has 0 aromatic heterocycles. The van der Waals surface area contributed by atoms with Gasteiger partial charge in [-0.05, 0) is 47.9 Å². The van der Waals surface area contributed by atoms with Crippen LogP contribution in [0.4, 0.5) is 0 Å². The molecule has 0 saturated carbocycles.